The van der Waals surface area contributed by atoms with Crippen molar-refractivity contribution in [1.29, 1.82) is 0 Å². The highest BCUT2D eigenvalue weighted by atomic mass is 16.4. The second-order valence-electron chi connectivity index (χ2n) is 5.50. The molecule has 0 aliphatic heterocycles. The second kappa shape index (κ2) is 5.69. The zero-order valence-electron chi connectivity index (χ0n) is 10.7. The van der Waals surface area contributed by atoms with Gasteiger partial charge in [-0.1, -0.05) is 19.3 Å². The molecule has 0 aromatic carbocycles. The first-order chi connectivity index (χ1) is 8.59. The van der Waals surface area contributed by atoms with Gasteiger partial charge >= 0.3 is 5.97 Å². The third kappa shape index (κ3) is 2.83. The van der Waals surface area contributed by atoms with Crippen molar-refractivity contribution in [2.75, 3.05) is 6.54 Å². The number of hydrogen-bond donors (Lipinski definition) is 2. The monoisotopic (exact) mass is 254 g/mol. The second-order valence-corrected chi connectivity index (χ2v) is 5.50. The predicted octanol–water partition coefficient (Wildman–Crippen LogP) is 0.970. The molecule has 18 heavy (non-hydrogen) atoms. The van der Waals surface area contributed by atoms with Gasteiger partial charge < -0.3 is 15.7 Å². The number of hydrogen-bond acceptors (Lipinski definition) is 3. The fraction of sp³-hybridized carbons (Fsp3) is 0.846. The number of carbonyl (C=O) groups excluding carboxylic acids is 1. The van der Waals surface area contributed by atoms with Crippen LogP contribution in [0.3, 0.4) is 0 Å². The van der Waals surface area contributed by atoms with Gasteiger partial charge in [-0.05, 0) is 25.7 Å². The Morgan fingerprint density at radius 3 is 2.28 bits per heavy atom. The summed E-state index contributed by atoms with van der Waals surface area (Å²) >= 11 is 0. The lowest BCUT2D eigenvalue weighted by Gasteiger charge is -2.31. The molecule has 2 aliphatic carbocycles. The lowest BCUT2D eigenvalue weighted by atomic mass is 10.0. The first kappa shape index (κ1) is 13.3. The number of amides is 1. The highest BCUT2D eigenvalue weighted by Gasteiger charge is 2.37. The van der Waals surface area contributed by atoms with Crippen molar-refractivity contribution in [2.24, 2.45) is 11.7 Å². The van der Waals surface area contributed by atoms with Crippen LogP contribution in [-0.4, -0.2) is 40.5 Å². The van der Waals surface area contributed by atoms with Gasteiger partial charge in [-0.25, -0.2) is 0 Å². The number of nitrogens with two attached hydrogens (primary N) is 1. The zero-order chi connectivity index (χ0) is 13.1. The molecule has 2 atom stereocenters. The molecule has 1 amide bonds. The van der Waals surface area contributed by atoms with Gasteiger partial charge in [-0.15, -0.1) is 0 Å². The number of carboxylic acid groups (broad SMARTS) is 1. The highest BCUT2D eigenvalue weighted by Crippen LogP contribution is 2.30. The predicted molar refractivity (Wildman–Crippen MR) is 66.9 cm³/mol. The van der Waals surface area contributed by atoms with Crippen molar-refractivity contribution < 1.29 is 14.7 Å². The van der Waals surface area contributed by atoms with Crippen molar-refractivity contribution in [3.8, 4) is 0 Å². The lowest BCUT2D eigenvalue weighted by Crippen LogP contribution is -2.48. The molecule has 0 bridgehead atoms. The molecule has 2 fully saturated rings. The van der Waals surface area contributed by atoms with Crippen LogP contribution in [-0.2, 0) is 9.59 Å². The van der Waals surface area contributed by atoms with Crippen LogP contribution in [0.1, 0.15) is 44.9 Å². The van der Waals surface area contributed by atoms with E-state index in [4.69, 9.17) is 10.8 Å². The van der Waals surface area contributed by atoms with Gasteiger partial charge in [0, 0.05) is 12.1 Å². The molecule has 3 N–H and O–H groups in total. The maximum Gasteiger partial charge on any atom is 0.323 e. The molecule has 2 aliphatic rings. The standard InChI is InChI=1S/C13H22N2O3/c14-11-7-3-6-10(11)13(18)15(8-12(16)17)9-4-1-2-5-9/h9-11H,1-8,14H2,(H,16,17). The molecule has 0 radical (unpaired) electrons. The van der Waals surface area contributed by atoms with Crippen molar-refractivity contribution in [3.05, 3.63) is 0 Å². The number of nitrogens with zero attached hydrogens (tertiary/aromatic N) is 1. The summed E-state index contributed by atoms with van der Waals surface area (Å²) in [4.78, 5) is 25.0. The van der Waals surface area contributed by atoms with E-state index in [9.17, 15) is 9.59 Å². The molecule has 5 heteroatoms. The number of carbonyl (C=O) groups is 2. The number of aliphatic carboxylic acids is 1. The Hall–Kier alpha value is -1.10. The fourth-order valence-corrected chi connectivity index (χ4v) is 3.26. The van der Waals surface area contributed by atoms with E-state index >= 15 is 0 Å². The Morgan fingerprint density at radius 1 is 1.11 bits per heavy atom. The van der Waals surface area contributed by atoms with E-state index in [0.29, 0.717) is 0 Å². The maximum atomic E-state index is 12.5. The largest absolute Gasteiger partial charge is 0.480 e. The molecule has 0 spiro atoms. The summed E-state index contributed by atoms with van der Waals surface area (Å²) in [6.07, 6.45) is 6.70. The molecule has 0 heterocycles. The summed E-state index contributed by atoms with van der Waals surface area (Å²) in [7, 11) is 0. The van der Waals surface area contributed by atoms with Gasteiger partial charge in [0.15, 0.2) is 0 Å². The molecule has 2 unspecified atom stereocenters. The van der Waals surface area contributed by atoms with Gasteiger partial charge in [0.25, 0.3) is 0 Å². The summed E-state index contributed by atoms with van der Waals surface area (Å²) in [5.74, 6) is -1.12. The van der Waals surface area contributed by atoms with Gasteiger partial charge in [0.2, 0.25) is 5.91 Å². The van der Waals surface area contributed by atoms with Crippen LogP contribution in [0.4, 0.5) is 0 Å². The van der Waals surface area contributed by atoms with Gasteiger partial charge in [0.1, 0.15) is 6.54 Å². The van der Waals surface area contributed by atoms with Gasteiger partial charge in [-0.3, -0.25) is 9.59 Å². The van der Waals surface area contributed by atoms with Crippen LogP contribution in [0.5, 0.6) is 0 Å². The minimum Gasteiger partial charge on any atom is -0.480 e. The molecular weight excluding hydrogens is 232 g/mol. The SMILES string of the molecule is NC1CCCC1C(=O)N(CC(=O)O)C1CCCC1. The van der Waals surface area contributed by atoms with Crippen LogP contribution < -0.4 is 5.73 Å². The average molecular weight is 254 g/mol. The fourth-order valence-electron chi connectivity index (χ4n) is 3.26. The molecule has 2 rings (SSSR count). The molecule has 102 valence electrons. The Kier molecular flexibility index (Phi) is 4.22. The molecule has 0 aromatic heterocycles. The summed E-state index contributed by atoms with van der Waals surface area (Å²) < 4.78 is 0. The normalized spacial score (nSPS) is 28.5. The van der Waals surface area contributed by atoms with Crippen LogP contribution in [0.2, 0.25) is 0 Å². The third-order valence-electron chi connectivity index (χ3n) is 4.24. The highest BCUT2D eigenvalue weighted by molar-refractivity contribution is 5.84. The Labute approximate surface area is 107 Å². The van der Waals surface area contributed by atoms with E-state index in [1.54, 1.807) is 4.90 Å². The van der Waals surface area contributed by atoms with Crippen molar-refractivity contribution in [2.45, 2.75) is 57.0 Å². The zero-order valence-corrected chi connectivity index (χ0v) is 10.7. The molecule has 0 saturated heterocycles. The molecule has 2 saturated carbocycles. The molecule has 5 nitrogen and oxygen atoms in total. The van der Waals surface area contributed by atoms with Gasteiger partial charge in [-0.2, -0.15) is 0 Å². The summed E-state index contributed by atoms with van der Waals surface area (Å²) in [5.41, 5.74) is 5.95. The van der Waals surface area contributed by atoms with Crippen LogP contribution in [0.15, 0.2) is 0 Å². The molecular formula is C13H22N2O3. The van der Waals surface area contributed by atoms with E-state index in [-0.39, 0.29) is 30.5 Å². The Morgan fingerprint density at radius 2 is 1.78 bits per heavy atom. The number of rotatable bonds is 4. The third-order valence-corrected chi connectivity index (χ3v) is 4.24. The van der Waals surface area contributed by atoms with E-state index < -0.39 is 5.97 Å². The van der Waals surface area contributed by atoms with Gasteiger partial charge in [0.05, 0.1) is 5.92 Å². The van der Waals surface area contributed by atoms with Crippen LogP contribution in [0.25, 0.3) is 0 Å². The minimum absolute atomic E-state index is 0.0331. The van der Waals surface area contributed by atoms with E-state index in [1.165, 1.54) is 0 Å². The van der Waals surface area contributed by atoms with Crippen LogP contribution in [0, 0.1) is 5.92 Å². The minimum atomic E-state index is -0.929. The lowest BCUT2D eigenvalue weighted by molar-refractivity contribution is -0.148. The maximum absolute atomic E-state index is 12.5. The van der Waals surface area contributed by atoms with Crippen LogP contribution >= 0.6 is 0 Å². The summed E-state index contributed by atoms with van der Waals surface area (Å²) in [5, 5.41) is 8.98. The quantitative estimate of drug-likeness (QED) is 0.783. The van der Waals surface area contributed by atoms with Crippen molar-refractivity contribution >= 4 is 11.9 Å². The summed E-state index contributed by atoms with van der Waals surface area (Å²) in [6.45, 7) is -0.174. The van der Waals surface area contributed by atoms with E-state index in [0.717, 1.165) is 44.9 Å². The first-order valence-electron chi connectivity index (χ1n) is 6.87. The summed E-state index contributed by atoms with van der Waals surface area (Å²) in [6, 6.07) is 0.0246. The van der Waals surface area contributed by atoms with Crippen molar-refractivity contribution in [3.63, 3.8) is 0 Å². The first-order valence-corrected chi connectivity index (χ1v) is 6.87. The average Bonchev–Trinajstić information content (AvgIpc) is 2.95. The Balaban J connectivity index is 2.06. The smallest absolute Gasteiger partial charge is 0.323 e. The Bertz CT molecular complexity index is 326. The van der Waals surface area contributed by atoms with E-state index in [1.807, 2.05) is 0 Å². The molecule has 0 aromatic rings. The number of carboxylic acids is 1. The topological polar surface area (TPSA) is 83.6 Å². The van der Waals surface area contributed by atoms with E-state index in [2.05, 4.69) is 0 Å². The van der Waals surface area contributed by atoms with Crippen molar-refractivity contribution in [1.82, 2.24) is 4.90 Å².